The summed E-state index contributed by atoms with van der Waals surface area (Å²) in [5, 5.41) is 1.98. The monoisotopic (exact) mass is 340 g/mol. The number of sulfonamides is 1. The Morgan fingerprint density at radius 3 is 2.52 bits per heavy atom. The topological polar surface area (TPSA) is 72.2 Å². The van der Waals surface area contributed by atoms with Crippen LogP contribution in [0.4, 0.5) is 0 Å². The summed E-state index contributed by atoms with van der Waals surface area (Å²) in [4.78, 5) is 1.47. The Balaban J connectivity index is 1.89. The third-order valence-electron chi connectivity index (χ3n) is 2.87. The molecule has 4 nitrogen and oxygen atoms in total. The molecule has 7 heteroatoms. The number of nitrogens with two attached hydrogens (primary N) is 1. The normalized spacial score (nSPS) is 11.4. The predicted molar refractivity (Wildman–Crippen MR) is 91.0 cm³/mol. The summed E-state index contributed by atoms with van der Waals surface area (Å²) in [7, 11) is -3.33. The molecular formula is C14H16N2O2S3. The molecule has 1 heterocycles. The zero-order valence-electron chi connectivity index (χ0n) is 11.3. The molecule has 0 aliphatic heterocycles. The van der Waals surface area contributed by atoms with Gasteiger partial charge in [-0.05, 0) is 23.4 Å². The minimum atomic E-state index is -3.33. The summed E-state index contributed by atoms with van der Waals surface area (Å²) in [5.74, 6) is -0.0466. The van der Waals surface area contributed by atoms with E-state index in [9.17, 15) is 8.42 Å². The maximum atomic E-state index is 12.0. The Hall–Kier alpha value is -1.28. The third-order valence-corrected chi connectivity index (χ3v) is 5.40. The van der Waals surface area contributed by atoms with Gasteiger partial charge in [-0.3, -0.25) is 0 Å². The molecular weight excluding hydrogens is 324 g/mol. The summed E-state index contributed by atoms with van der Waals surface area (Å²) in [6.45, 7) is 0.411. The number of benzene rings is 1. The molecule has 0 fully saturated rings. The van der Waals surface area contributed by atoms with E-state index in [2.05, 4.69) is 4.72 Å². The van der Waals surface area contributed by atoms with Crippen molar-refractivity contribution < 1.29 is 8.42 Å². The average molecular weight is 340 g/mol. The molecule has 2 aromatic rings. The lowest BCUT2D eigenvalue weighted by Crippen LogP contribution is -2.27. The number of rotatable bonds is 7. The number of thiophene rings is 1. The van der Waals surface area contributed by atoms with E-state index in [0.29, 0.717) is 23.5 Å². The maximum absolute atomic E-state index is 12.0. The van der Waals surface area contributed by atoms with Crippen LogP contribution in [0.2, 0.25) is 0 Å². The number of nitrogens with one attached hydrogen (secondary N) is 1. The lowest BCUT2D eigenvalue weighted by molar-refractivity contribution is 0.581. The van der Waals surface area contributed by atoms with Crippen molar-refractivity contribution >= 4 is 38.6 Å². The molecule has 21 heavy (non-hydrogen) atoms. The highest BCUT2D eigenvalue weighted by Gasteiger charge is 2.11. The van der Waals surface area contributed by atoms with Crippen LogP contribution in [-0.4, -0.2) is 20.0 Å². The number of hydrogen-bond donors (Lipinski definition) is 2. The second kappa shape index (κ2) is 7.13. The number of hydrogen-bond acceptors (Lipinski definition) is 4. The SMILES string of the molecule is NC(=S)c1ccc(CS(=O)(=O)NCCc2cccs2)cc1. The predicted octanol–water partition coefficient (Wildman–Crippen LogP) is 2.04. The van der Waals surface area contributed by atoms with Crippen LogP contribution >= 0.6 is 23.6 Å². The highest BCUT2D eigenvalue weighted by molar-refractivity contribution is 7.88. The van der Waals surface area contributed by atoms with Crippen LogP contribution in [0, 0.1) is 0 Å². The molecule has 1 aromatic carbocycles. The van der Waals surface area contributed by atoms with Crippen molar-refractivity contribution in [2.75, 3.05) is 6.54 Å². The molecule has 1 aromatic heterocycles. The first-order chi connectivity index (χ1) is 9.96. The zero-order valence-corrected chi connectivity index (χ0v) is 13.7. The second-order valence-corrected chi connectivity index (χ2v) is 7.82. The Morgan fingerprint density at radius 2 is 1.95 bits per heavy atom. The van der Waals surface area contributed by atoms with Gasteiger partial charge in [0.1, 0.15) is 4.99 Å². The summed E-state index contributed by atoms with van der Waals surface area (Å²) in [5.41, 5.74) is 6.95. The average Bonchev–Trinajstić information content (AvgIpc) is 2.91. The highest BCUT2D eigenvalue weighted by Crippen LogP contribution is 2.10. The van der Waals surface area contributed by atoms with Gasteiger partial charge in [0.25, 0.3) is 0 Å². The molecule has 112 valence electrons. The van der Waals surface area contributed by atoms with Gasteiger partial charge in [-0.1, -0.05) is 42.5 Å². The molecule has 0 saturated carbocycles. The summed E-state index contributed by atoms with van der Waals surface area (Å²) in [6, 6.07) is 10.9. The van der Waals surface area contributed by atoms with Crippen LogP contribution < -0.4 is 10.5 Å². The molecule has 0 unspecified atom stereocenters. The molecule has 0 spiro atoms. The Morgan fingerprint density at radius 1 is 1.24 bits per heavy atom. The highest BCUT2D eigenvalue weighted by atomic mass is 32.2. The Bertz CT molecular complexity index is 692. The van der Waals surface area contributed by atoms with Crippen LogP contribution in [0.1, 0.15) is 16.0 Å². The Labute approximate surface area is 134 Å². The molecule has 0 saturated heterocycles. The first-order valence-corrected chi connectivity index (χ1v) is 9.29. The van der Waals surface area contributed by atoms with Gasteiger partial charge in [0, 0.05) is 17.0 Å². The van der Waals surface area contributed by atoms with Gasteiger partial charge in [0.15, 0.2) is 0 Å². The van der Waals surface area contributed by atoms with E-state index in [1.165, 1.54) is 4.88 Å². The van der Waals surface area contributed by atoms with Crippen LogP contribution in [0.3, 0.4) is 0 Å². The van der Waals surface area contributed by atoms with E-state index in [-0.39, 0.29) is 5.75 Å². The smallest absolute Gasteiger partial charge is 0.215 e. The summed E-state index contributed by atoms with van der Waals surface area (Å²) >= 11 is 6.48. The molecule has 0 aliphatic rings. The first-order valence-electron chi connectivity index (χ1n) is 6.35. The fraction of sp³-hybridized carbons (Fsp3) is 0.214. The minimum absolute atomic E-state index is 0.0466. The lowest BCUT2D eigenvalue weighted by atomic mass is 10.1. The van der Waals surface area contributed by atoms with E-state index in [0.717, 1.165) is 5.56 Å². The van der Waals surface area contributed by atoms with Crippen molar-refractivity contribution in [3.05, 3.63) is 57.8 Å². The molecule has 0 aliphatic carbocycles. The fourth-order valence-electron chi connectivity index (χ4n) is 1.82. The minimum Gasteiger partial charge on any atom is -0.389 e. The molecule has 2 rings (SSSR count). The fourth-order valence-corrected chi connectivity index (χ4v) is 3.81. The maximum Gasteiger partial charge on any atom is 0.215 e. The van der Waals surface area contributed by atoms with E-state index >= 15 is 0 Å². The third kappa shape index (κ3) is 5.20. The van der Waals surface area contributed by atoms with Crippen molar-refractivity contribution in [3.8, 4) is 0 Å². The van der Waals surface area contributed by atoms with Gasteiger partial charge < -0.3 is 5.73 Å². The summed E-state index contributed by atoms with van der Waals surface area (Å²) in [6.07, 6.45) is 0.706. The van der Waals surface area contributed by atoms with Crippen molar-refractivity contribution in [1.82, 2.24) is 4.72 Å². The molecule has 3 N–H and O–H groups in total. The van der Waals surface area contributed by atoms with E-state index in [4.69, 9.17) is 18.0 Å². The van der Waals surface area contributed by atoms with Crippen LogP contribution in [0.25, 0.3) is 0 Å². The first kappa shape index (κ1) is 16.1. The van der Waals surface area contributed by atoms with Gasteiger partial charge in [-0.2, -0.15) is 0 Å². The summed E-state index contributed by atoms with van der Waals surface area (Å²) < 4.78 is 26.6. The lowest BCUT2D eigenvalue weighted by Gasteiger charge is -2.07. The molecule has 0 radical (unpaired) electrons. The van der Waals surface area contributed by atoms with E-state index < -0.39 is 10.0 Å². The van der Waals surface area contributed by atoms with Crippen LogP contribution in [0.15, 0.2) is 41.8 Å². The van der Waals surface area contributed by atoms with Crippen molar-refractivity contribution in [3.63, 3.8) is 0 Å². The second-order valence-electron chi connectivity index (χ2n) is 4.54. The largest absolute Gasteiger partial charge is 0.389 e. The van der Waals surface area contributed by atoms with Crippen molar-refractivity contribution in [2.24, 2.45) is 5.73 Å². The van der Waals surface area contributed by atoms with Gasteiger partial charge in [0.05, 0.1) is 5.75 Å². The van der Waals surface area contributed by atoms with Gasteiger partial charge in [-0.25, -0.2) is 13.1 Å². The quantitative estimate of drug-likeness (QED) is 0.757. The Kier molecular flexibility index (Phi) is 5.46. The molecule has 0 bridgehead atoms. The van der Waals surface area contributed by atoms with Crippen LogP contribution in [0.5, 0.6) is 0 Å². The molecule has 0 atom stereocenters. The van der Waals surface area contributed by atoms with Gasteiger partial charge in [0.2, 0.25) is 10.0 Å². The van der Waals surface area contributed by atoms with E-state index in [1.807, 2.05) is 17.5 Å². The van der Waals surface area contributed by atoms with Crippen molar-refractivity contribution in [1.29, 1.82) is 0 Å². The van der Waals surface area contributed by atoms with Gasteiger partial charge >= 0.3 is 0 Å². The van der Waals surface area contributed by atoms with E-state index in [1.54, 1.807) is 35.6 Å². The van der Waals surface area contributed by atoms with Crippen LogP contribution in [-0.2, 0) is 22.2 Å². The van der Waals surface area contributed by atoms with Gasteiger partial charge in [-0.15, -0.1) is 11.3 Å². The zero-order chi connectivity index (χ0) is 15.3. The molecule has 0 amide bonds. The number of thiocarbonyl (C=S) groups is 1. The van der Waals surface area contributed by atoms with Crippen molar-refractivity contribution in [2.45, 2.75) is 12.2 Å². The standard InChI is InChI=1S/C14H16N2O2S3/c15-14(19)12-5-3-11(4-6-12)10-21(17,18)16-8-7-13-2-1-9-20-13/h1-6,9,16H,7-8,10H2,(H2,15,19).